The SMILES string of the molecule is CNOC1CCN(C)C1. The maximum atomic E-state index is 5.18. The largest absolute Gasteiger partial charge is 0.304 e. The summed E-state index contributed by atoms with van der Waals surface area (Å²) in [6.45, 7) is 2.22. The zero-order valence-corrected chi connectivity index (χ0v) is 6.05. The number of hydrogen-bond acceptors (Lipinski definition) is 3. The molecule has 1 unspecified atom stereocenters. The van der Waals surface area contributed by atoms with Crippen molar-refractivity contribution in [3.05, 3.63) is 0 Å². The second kappa shape index (κ2) is 3.15. The molecule has 0 aromatic carbocycles. The number of nitrogens with one attached hydrogen (secondary N) is 1. The molecule has 0 amide bonds. The summed E-state index contributed by atoms with van der Waals surface area (Å²) < 4.78 is 0. The summed E-state index contributed by atoms with van der Waals surface area (Å²) >= 11 is 0. The van der Waals surface area contributed by atoms with Crippen molar-refractivity contribution in [2.24, 2.45) is 0 Å². The van der Waals surface area contributed by atoms with Crippen LogP contribution in [-0.2, 0) is 4.84 Å². The molecule has 1 rings (SSSR count). The molecule has 1 saturated heterocycles. The van der Waals surface area contributed by atoms with Gasteiger partial charge in [0, 0.05) is 20.1 Å². The van der Waals surface area contributed by atoms with E-state index in [-0.39, 0.29) is 0 Å². The molecule has 0 saturated carbocycles. The predicted molar refractivity (Wildman–Crippen MR) is 36.0 cm³/mol. The van der Waals surface area contributed by atoms with E-state index in [0.717, 1.165) is 19.5 Å². The van der Waals surface area contributed by atoms with Gasteiger partial charge >= 0.3 is 0 Å². The molecule has 1 heterocycles. The Morgan fingerprint density at radius 2 is 2.44 bits per heavy atom. The van der Waals surface area contributed by atoms with E-state index in [4.69, 9.17) is 4.84 Å². The van der Waals surface area contributed by atoms with Crippen molar-refractivity contribution < 1.29 is 4.84 Å². The van der Waals surface area contributed by atoms with Crippen LogP contribution >= 0.6 is 0 Å². The van der Waals surface area contributed by atoms with Crippen LogP contribution in [-0.4, -0.2) is 38.2 Å². The Hall–Kier alpha value is -0.120. The van der Waals surface area contributed by atoms with E-state index in [1.165, 1.54) is 0 Å². The van der Waals surface area contributed by atoms with Gasteiger partial charge in [0.15, 0.2) is 0 Å². The topological polar surface area (TPSA) is 24.5 Å². The first kappa shape index (κ1) is 6.99. The summed E-state index contributed by atoms with van der Waals surface area (Å²) in [5.41, 5.74) is 2.70. The predicted octanol–water partition coefficient (Wildman–Crippen LogP) is -0.159. The minimum absolute atomic E-state index is 0.403. The summed E-state index contributed by atoms with van der Waals surface area (Å²) in [4.78, 5) is 7.45. The molecule has 0 spiro atoms. The van der Waals surface area contributed by atoms with Gasteiger partial charge in [-0.2, -0.15) is 0 Å². The van der Waals surface area contributed by atoms with E-state index < -0.39 is 0 Å². The van der Waals surface area contributed by atoms with E-state index in [1.807, 2.05) is 0 Å². The second-order valence-corrected chi connectivity index (χ2v) is 2.49. The molecular weight excluding hydrogens is 116 g/mol. The Kier molecular flexibility index (Phi) is 2.45. The first-order chi connectivity index (χ1) is 4.33. The van der Waals surface area contributed by atoms with Gasteiger partial charge in [-0.15, -0.1) is 0 Å². The maximum absolute atomic E-state index is 5.18. The number of hydroxylamine groups is 1. The lowest BCUT2D eigenvalue weighted by atomic mass is 10.3. The summed E-state index contributed by atoms with van der Waals surface area (Å²) in [6, 6.07) is 0. The monoisotopic (exact) mass is 130 g/mol. The third kappa shape index (κ3) is 1.93. The third-order valence-electron chi connectivity index (χ3n) is 1.63. The Bertz CT molecular complexity index is 85.1. The molecule has 0 aromatic heterocycles. The van der Waals surface area contributed by atoms with Crippen molar-refractivity contribution >= 4 is 0 Å². The highest BCUT2D eigenvalue weighted by molar-refractivity contribution is 4.71. The van der Waals surface area contributed by atoms with Crippen LogP contribution in [0.1, 0.15) is 6.42 Å². The molecule has 1 aliphatic rings. The average Bonchev–Trinajstić information content (AvgIpc) is 2.17. The molecule has 0 radical (unpaired) electrons. The molecule has 1 N–H and O–H groups in total. The van der Waals surface area contributed by atoms with E-state index in [9.17, 15) is 0 Å². The standard InChI is InChI=1S/C6H14N2O/c1-7-9-6-3-4-8(2)5-6/h6-7H,3-5H2,1-2H3. The average molecular weight is 130 g/mol. The van der Waals surface area contributed by atoms with Crippen LogP contribution in [0.5, 0.6) is 0 Å². The van der Waals surface area contributed by atoms with Gasteiger partial charge in [-0.05, 0) is 13.5 Å². The summed E-state index contributed by atoms with van der Waals surface area (Å²) in [7, 11) is 3.91. The van der Waals surface area contributed by atoms with Crippen LogP contribution in [0, 0.1) is 0 Å². The lowest BCUT2D eigenvalue weighted by Crippen LogP contribution is -2.23. The van der Waals surface area contributed by atoms with Gasteiger partial charge < -0.3 is 4.90 Å². The Labute approximate surface area is 55.9 Å². The second-order valence-electron chi connectivity index (χ2n) is 2.49. The zero-order valence-electron chi connectivity index (χ0n) is 6.05. The molecule has 9 heavy (non-hydrogen) atoms. The minimum Gasteiger partial charge on any atom is -0.304 e. The van der Waals surface area contributed by atoms with Gasteiger partial charge in [0.05, 0.1) is 6.10 Å². The number of rotatable bonds is 2. The van der Waals surface area contributed by atoms with Gasteiger partial charge in [0.2, 0.25) is 0 Å². The van der Waals surface area contributed by atoms with Crippen LogP contribution in [0.4, 0.5) is 0 Å². The fraction of sp³-hybridized carbons (Fsp3) is 1.00. The van der Waals surface area contributed by atoms with E-state index in [2.05, 4.69) is 17.4 Å². The Morgan fingerprint density at radius 3 is 2.89 bits per heavy atom. The van der Waals surface area contributed by atoms with Crippen molar-refractivity contribution in [1.82, 2.24) is 10.4 Å². The van der Waals surface area contributed by atoms with Crippen molar-refractivity contribution in [2.45, 2.75) is 12.5 Å². The van der Waals surface area contributed by atoms with Crippen molar-refractivity contribution in [2.75, 3.05) is 27.2 Å². The van der Waals surface area contributed by atoms with Gasteiger partial charge in [0.25, 0.3) is 0 Å². The highest BCUT2D eigenvalue weighted by Crippen LogP contribution is 2.07. The molecule has 54 valence electrons. The lowest BCUT2D eigenvalue weighted by molar-refractivity contribution is -0.00440. The molecule has 0 bridgehead atoms. The summed E-state index contributed by atoms with van der Waals surface area (Å²) in [5.74, 6) is 0. The fourth-order valence-corrected chi connectivity index (χ4v) is 1.16. The third-order valence-corrected chi connectivity index (χ3v) is 1.63. The first-order valence-corrected chi connectivity index (χ1v) is 3.34. The van der Waals surface area contributed by atoms with E-state index in [0.29, 0.717) is 6.10 Å². The highest BCUT2D eigenvalue weighted by atomic mass is 16.7. The van der Waals surface area contributed by atoms with Crippen LogP contribution in [0.3, 0.4) is 0 Å². The molecule has 3 nitrogen and oxygen atoms in total. The van der Waals surface area contributed by atoms with Crippen LogP contribution in [0.2, 0.25) is 0 Å². The van der Waals surface area contributed by atoms with E-state index in [1.54, 1.807) is 7.05 Å². The smallest absolute Gasteiger partial charge is 0.0928 e. The molecule has 1 aliphatic heterocycles. The summed E-state index contributed by atoms with van der Waals surface area (Å²) in [5, 5.41) is 0. The number of hydrogen-bond donors (Lipinski definition) is 1. The lowest BCUT2D eigenvalue weighted by Gasteiger charge is -2.08. The molecule has 1 atom stereocenters. The normalized spacial score (nSPS) is 29.3. The molecule has 1 fully saturated rings. The van der Waals surface area contributed by atoms with Crippen molar-refractivity contribution in [3.8, 4) is 0 Å². The number of likely N-dealkylation sites (N-methyl/N-ethyl adjacent to an activating group) is 1. The van der Waals surface area contributed by atoms with Crippen molar-refractivity contribution in [1.29, 1.82) is 0 Å². The van der Waals surface area contributed by atoms with Crippen molar-refractivity contribution in [3.63, 3.8) is 0 Å². The molecule has 3 heteroatoms. The van der Waals surface area contributed by atoms with E-state index >= 15 is 0 Å². The minimum atomic E-state index is 0.403. The quantitative estimate of drug-likeness (QED) is 0.526. The van der Waals surface area contributed by atoms with Crippen LogP contribution in [0.15, 0.2) is 0 Å². The molecule has 0 aliphatic carbocycles. The maximum Gasteiger partial charge on any atom is 0.0928 e. The molecule has 0 aromatic rings. The summed E-state index contributed by atoms with van der Waals surface area (Å²) in [6.07, 6.45) is 1.55. The van der Waals surface area contributed by atoms with Gasteiger partial charge in [0.1, 0.15) is 0 Å². The fourth-order valence-electron chi connectivity index (χ4n) is 1.16. The van der Waals surface area contributed by atoms with Gasteiger partial charge in [-0.25, -0.2) is 5.48 Å². The van der Waals surface area contributed by atoms with Gasteiger partial charge in [-0.3, -0.25) is 4.84 Å². The number of likely N-dealkylation sites (tertiary alicyclic amines) is 1. The zero-order chi connectivity index (χ0) is 6.69. The molecular formula is C6H14N2O. The van der Waals surface area contributed by atoms with Crippen LogP contribution in [0.25, 0.3) is 0 Å². The van der Waals surface area contributed by atoms with Crippen LogP contribution < -0.4 is 5.48 Å². The highest BCUT2D eigenvalue weighted by Gasteiger charge is 2.19. The number of nitrogens with zero attached hydrogens (tertiary/aromatic N) is 1. The Morgan fingerprint density at radius 1 is 1.67 bits per heavy atom. The van der Waals surface area contributed by atoms with Gasteiger partial charge in [-0.1, -0.05) is 0 Å². The first-order valence-electron chi connectivity index (χ1n) is 3.34. The Balaban J connectivity index is 2.14.